The average Bonchev–Trinajstić information content (AvgIpc) is 2.90. The van der Waals surface area contributed by atoms with Gasteiger partial charge in [0.15, 0.2) is 5.92 Å². The van der Waals surface area contributed by atoms with Crippen LogP contribution in [0.15, 0.2) is 0 Å². The number of unbranched alkanes of at least 4 members (excludes halogenated alkanes) is 2. The van der Waals surface area contributed by atoms with Crippen molar-refractivity contribution >= 4 is 29.8 Å². The summed E-state index contributed by atoms with van der Waals surface area (Å²) in [6.45, 7) is 27.5. The van der Waals surface area contributed by atoms with Gasteiger partial charge in [-0.1, -0.05) is 26.7 Å². The molecule has 0 aromatic rings. The molecule has 0 spiro atoms. The van der Waals surface area contributed by atoms with E-state index in [1.807, 2.05) is 37.5 Å². The van der Waals surface area contributed by atoms with Crippen molar-refractivity contribution in [1.82, 2.24) is 20.0 Å². The van der Waals surface area contributed by atoms with E-state index in [1.54, 1.807) is 67.2 Å². The van der Waals surface area contributed by atoms with Gasteiger partial charge in [0.05, 0.1) is 19.6 Å². The molecule has 0 heterocycles. The van der Waals surface area contributed by atoms with Gasteiger partial charge in [0, 0.05) is 39.3 Å². The highest BCUT2D eigenvalue weighted by Gasteiger charge is 2.37. The van der Waals surface area contributed by atoms with Crippen LogP contribution in [-0.4, -0.2) is 132 Å². The number of rotatable bonds is 21. The van der Waals surface area contributed by atoms with Crippen molar-refractivity contribution in [2.45, 2.75) is 139 Å². The first-order valence-electron chi connectivity index (χ1n) is 18.1. The summed E-state index contributed by atoms with van der Waals surface area (Å²) in [6, 6.07) is 0. The van der Waals surface area contributed by atoms with Crippen LogP contribution in [0.2, 0.25) is 0 Å². The predicted molar refractivity (Wildman–Crippen MR) is 194 cm³/mol. The quantitative estimate of drug-likeness (QED) is 0.0788. The second-order valence-corrected chi connectivity index (χ2v) is 16.7. The van der Waals surface area contributed by atoms with Crippen LogP contribution in [0.5, 0.6) is 0 Å². The second-order valence-electron chi connectivity index (χ2n) is 16.7. The first-order valence-corrected chi connectivity index (χ1v) is 18.1. The Labute approximate surface area is 302 Å². The average molecular weight is 715 g/mol. The van der Waals surface area contributed by atoms with Crippen molar-refractivity contribution in [3.8, 4) is 0 Å². The van der Waals surface area contributed by atoms with E-state index < -0.39 is 46.2 Å². The van der Waals surface area contributed by atoms with Crippen molar-refractivity contribution in [3.63, 3.8) is 0 Å². The second kappa shape index (κ2) is 21.6. The van der Waals surface area contributed by atoms with Crippen molar-refractivity contribution in [2.75, 3.05) is 65.4 Å². The van der Waals surface area contributed by atoms with E-state index >= 15 is 0 Å². The van der Waals surface area contributed by atoms with Gasteiger partial charge in [-0.25, -0.2) is 0 Å². The summed E-state index contributed by atoms with van der Waals surface area (Å²) < 4.78 is 22.3. The molecule has 0 rings (SSSR count). The van der Waals surface area contributed by atoms with Crippen molar-refractivity contribution in [2.24, 2.45) is 5.92 Å². The minimum Gasteiger partial charge on any atom is -0.459 e. The number of esters is 4. The summed E-state index contributed by atoms with van der Waals surface area (Å²) in [4.78, 5) is 70.9. The maximum absolute atomic E-state index is 13.4. The minimum absolute atomic E-state index is 0.0418. The summed E-state index contributed by atoms with van der Waals surface area (Å²) in [5.41, 5.74) is -3.01. The molecule has 0 aromatic carbocycles. The molecule has 0 aliphatic rings. The van der Waals surface area contributed by atoms with E-state index in [0.717, 1.165) is 19.3 Å². The maximum atomic E-state index is 13.4. The molecule has 292 valence electrons. The fraction of sp³-hybridized carbons (Fsp3) is 0.865. The van der Waals surface area contributed by atoms with Gasteiger partial charge in [-0.15, -0.1) is 0 Å². The fourth-order valence-electron chi connectivity index (χ4n) is 4.64. The number of ether oxygens (including phenoxy) is 4. The van der Waals surface area contributed by atoms with Crippen molar-refractivity contribution < 1.29 is 42.9 Å². The molecule has 50 heavy (non-hydrogen) atoms. The molecule has 0 bridgehead atoms. The van der Waals surface area contributed by atoms with Gasteiger partial charge >= 0.3 is 23.9 Å². The molecule has 0 unspecified atom stereocenters. The first-order chi connectivity index (χ1) is 22.7. The van der Waals surface area contributed by atoms with E-state index in [2.05, 4.69) is 12.2 Å². The number of carbonyl (C=O) groups is 5. The Bertz CT molecular complexity index is 1040. The monoisotopic (exact) mass is 715 g/mol. The number of amides is 1. The fourth-order valence-corrected chi connectivity index (χ4v) is 4.64. The van der Waals surface area contributed by atoms with Gasteiger partial charge in [-0.2, -0.15) is 0 Å². The number of nitrogens with zero attached hydrogens (tertiary/aromatic N) is 3. The molecule has 0 radical (unpaired) electrons. The summed E-state index contributed by atoms with van der Waals surface area (Å²) in [5, 5.41) is 2.93. The number of hydrogen-bond donors (Lipinski definition) is 1. The number of hydrogen-bond acceptors (Lipinski definition) is 12. The Kier molecular flexibility index (Phi) is 20.4. The first kappa shape index (κ1) is 47.2. The molecule has 0 aromatic heterocycles. The van der Waals surface area contributed by atoms with Crippen LogP contribution < -0.4 is 5.32 Å². The molecule has 0 fully saturated rings. The largest absolute Gasteiger partial charge is 0.459 e. The van der Waals surface area contributed by atoms with Crippen LogP contribution in [0.4, 0.5) is 0 Å². The molecule has 1 amide bonds. The van der Waals surface area contributed by atoms with Crippen LogP contribution in [-0.2, 0) is 42.9 Å². The lowest BCUT2D eigenvalue weighted by molar-refractivity contribution is -0.175. The minimum atomic E-state index is -1.31. The SMILES string of the molecule is CCCCCNC(=O)CN(CCN(CCN(CC)CC(=O)OC(C)(C)C)CC(=O)OC(C)(C)C)CC(C(=O)OC(C)(C)C)C(=O)OC(C)(C)C. The Morgan fingerprint density at radius 1 is 0.540 bits per heavy atom. The lowest BCUT2D eigenvalue weighted by atomic mass is 10.1. The van der Waals surface area contributed by atoms with Gasteiger partial charge in [0.2, 0.25) is 5.91 Å². The van der Waals surface area contributed by atoms with Gasteiger partial charge in [-0.05, 0) is 96.1 Å². The van der Waals surface area contributed by atoms with Crippen molar-refractivity contribution in [1.29, 1.82) is 0 Å². The van der Waals surface area contributed by atoms with Gasteiger partial charge in [0.25, 0.3) is 0 Å². The molecule has 0 atom stereocenters. The van der Waals surface area contributed by atoms with Crippen LogP contribution >= 0.6 is 0 Å². The normalized spacial score (nSPS) is 12.8. The zero-order valence-corrected chi connectivity index (χ0v) is 33.8. The summed E-state index contributed by atoms with van der Waals surface area (Å²) in [7, 11) is 0. The smallest absolute Gasteiger partial charge is 0.322 e. The lowest BCUT2D eigenvalue weighted by Crippen LogP contribution is -2.49. The summed E-state index contributed by atoms with van der Waals surface area (Å²) in [6.07, 6.45) is 2.82. The summed E-state index contributed by atoms with van der Waals surface area (Å²) >= 11 is 0. The Hall–Kier alpha value is -2.77. The molecule has 0 saturated heterocycles. The highest BCUT2D eigenvalue weighted by molar-refractivity contribution is 5.95. The maximum Gasteiger partial charge on any atom is 0.322 e. The zero-order chi connectivity index (χ0) is 38.9. The van der Waals surface area contributed by atoms with E-state index in [9.17, 15) is 24.0 Å². The zero-order valence-electron chi connectivity index (χ0n) is 33.8. The third kappa shape index (κ3) is 25.2. The molecule has 13 nitrogen and oxygen atoms in total. The number of nitrogens with one attached hydrogen (secondary N) is 1. The van der Waals surface area contributed by atoms with Gasteiger partial charge < -0.3 is 24.3 Å². The highest BCUT2D eigenvalue weighted by atomic mass is 16.6. The van der Waals surface area contributed by atoms with Crippen LogP contribution in [0.3, 0.4) is 0 Å². The third-order valence-electron chi connectivity index (χ3n) is 6.75. The molecule has 1 N–H and O–H groups in total. The number of likely N-dealkylation sites (N-methyl/N-ethyl adjacent to an activating group) is 1. The molecule has 0 aliphatic heterocycles. The lowest BCUT2D eigenvalue weighted by Gasteiger charge is -2.32. The Morgan fingerprint density at radius 2 is 0.940 bits per heavy atom. The van der Waals surface area contributed by atoms with E-state index in [1.165, 1.54) is 0 Å². The summed E-state index contributed by atoms with van der Waals surface area (Å²) in [5.74, 6) is -3.82. The number of carbonyl (C=O) groups excluding carboxylic acids is 5. The van der Waals surface area contributed by atoms with Crippen molar-refractivity contribution in [3.05, 3.63) is 0 Å². The Morgan fingerprint density at radius 3 is 1.34 bits per heavy atom. The standard InChI is InChI=1S/C37H70N4O9/c1-15-17-18-19-38-29(42)25-41(24-28(32(45)49-36(9,10)11)33(46)50-37(12,13)14)23-22-40(27-31(44)48-35(6,7)8)21-20-39(16-2)26-30(43)47-34(3,4)5/h28H,15-27H2,1-14H3,(H,38,42). The third-order valence-corrected chi connectivity index (χ3v) is 6.75. The van der Waals surface area contributed by atoms with Crippen LogP contribution in [0.25, 0.3) is 0 Å². The molecular formula is C37H70N4O9. The highest BCUT2D eigenvalue weighted by Crippen LogP contribution is 2.18. The molecule has 0 saturated carbocycles. The predicted octanol–water partition coefficient (Wildman–Crippen LogP) is 4.20. The molecule has 13 heteroatoms. The molecular weight excluding hydrogens is 644 g/mol. The van der Waals surface area contributed by atoms with E-state index in [-0.39, 0.29) is 44.6 Å². The van der Waals surface area contributed by atoms with Crippen LogP contribution in [0.1, 0.15) is 116 Å². The van der Waals surface area contributed by atoms with E-state index in [0.29, 0.717) is 32.7 Å². The topological polar surface area (TPSA) is 144 Å². The molecule has 0 aliphatic carbocycles. The van der Waals surface area contributed by atoms with E-state index in [4.69, 9.17) is 18.9 Å². The van der Waals surface area contributed by atoms with Gasteiger partial charge in [-0.3, -0.25) is 38.7 Å². The Balaban J connectivity index is 6.28. The van der Waals surface area contributed by atoms with Gasteiger partial charge in [0.1, 0.15) is 22.4 Å². The van der Waals surface area contributed by atoms with Crippen LogP contribution in [0, 0.1) is 5.92 Å².